The molecule has 0 saturated heterocycles. The lowest BCUT2D eigenvalue weighted by atomic mass is 10.0. The third-order valence-corrected chi connectivity index (χ3v) is 2.62. The van der Waals surface area contributed by atoms with Gasteiger partial charge in [0.1, 0.15) is 0 Å². The van der Waals surface area contributed by atoms with Gasteiger partial charge >= 0.3 is 0 Å². The topological polar surface area (TPSA) is 44.5 Å². The first kappa shape index (κ1) is 10.3. The van der Waals surface area contributed by atoms with E-state index in [2.05, 4.69) is 13.0 Å². The van der Waals surface area contributed by atoms with Crippen LogP contribution in [-0.2, 0) is 6.42 Å². The minimum Gasteiger partial charge on any atom is -0.451 e. The summed E-state index contributed by atoms with van der Waals surface area (Å²) in [5.41, 5.74) is 7.11. The van der Waals surface area contributed by atoms with E-state index in [1.165, 1.54) is 5.56 Å². The van der Waals surface area contributed by atoms with Crippen LogP contribution in [0.15, 0.2) is 18.2 Å². The molecular formula is C12H17NO2. The average molecular weight is 207 g/mol. The highest BCUT2D eigenvalue weighted by atomic mass is 16.7. The predicted molar refractivity (Wildman–Crippen MR) is 59.1 cm³/mol. The zero-order chi connectivity index (χ0) is 10.8. The van der Waals surface area contributed by atoms with Crippen molar-refractivity contribution in [3.05, 3.63) is 23.8 Å². The molecule has 1 aliphatic rings. The number of ether oxygens (including phenoxy) is 2. The Bertz CT molecular complexity index is 351. The van der Waals surface area contributed by atoms with Crippen LogP contribution < -0.4 is 15.2 Å². The van der Waals surface area contributed by atoms with Crippen molar-refractivity contribution in [2.45, 2.75) is 39.0 Å². The molecule has 1 heterocycles. The quantitative estimate of drug-likeness (QED) is 0.825. The molecule has 0 aliphatic carbocycles. The Morgan fingerprint density at radius 3 is 2.80 bits per heavy atom. The van der Waals surface area contributed by atoms with E-state index in [1.54, 1.807) is 0 Å². The third kappa shape index (κ3) is 2.23. The maximum Gasteiger partial charge on any atom is 0.238 e. The second kappa shape index (κ2) is 4.11. The van der Waals surface area contributed by atoms with Gasteiger partial charge in [0.25, 0.3) is 0 Å². The summed E-state index contributed by atoms with van der Waals surface area (Å²) in [6.45, 7) is 3.98. The lowest BCUT2D eigenvalue weighted by Gasteiger charge is -2.08. The smallest absolute Gasteiger partial charge is 0.238 e. The summed E-state index contributed by atoms with van der Waals surface area (Å²) in [6.07, 6.45) is 1.71. The van der Waals surface area contributed by atoms with E-state index in [4.69, 9.17) is 15.2 Å². The summed E-state index contributed by atoms with van der Waals surface area (Å²) in [5, 5.41) is 0. The van der Waals surface area contributed by atoms with Crippen LogP contribution >= 0.6 is 0 Å². The lowest BCUT2D eigenvalue weighted by molar-refractivity contribution is 0.0678. The van der Waals surface area contributed by atoms with Crippen molar-refractivity contribution in [1.29, 1.82) is 0 Å². The molecule has 1 aromatic carbocycles. The van der Waals surface area contributed by atoms with E-state index in [-0.39, 0.29) is 12.3 Å². The van der Waals surface area contributed by atoms with Crippen molar-refractivity contribution in [3.8, 4) is 11.5 Å². The Labute approximate surface area is 90.2 Å². The molecule has 1 aliphatic heterocycles. The van der Waals surface area contributed by atoms with Gasteiger partial charge in [-0.1, -0.05) is 13.0 Å². The van der Waals surface area contributed by atoms with Gasteiger partial charge in [-0.2, -0.15) is 0 Å². The average Bonchev–Trinajstić information content (AvgIpc) is 2.57. The van der Waals surface area contributed by atoms with Crippen molar-refractivity contribution in [2.75, 3.05) is 0 Å². The van der Waals surface area contributed by atoms with Gasteiger partial charge in [-0.05, 0) is 30.5 Å². The van der Waals surface area contributed by atoms with Gasteiger partial charge in [0.15, 0.2) is 11.5 Å². The van der Waals surface area contributed by atoms with Crippen LogP contribution in [0.5, 0.6) is 11.5 Å². The molecule has 15 heavy (non-hydrogen) atoms. The van der Waals surface area contributed by atoms with Crippen LogP contribution in [0.2, 0.25) is 0 Å². The summed E-state index contributed by atoms with van der Waals surface area (Å²) >= 11 is 0. The van der Waals surface area contributed by atoms with Crippen molar-refractivity contribution < 1.29 is 9.47 Å². The Hall–Kier alpha value is -1.22. The summed E-state index contributed by atoms with van der Waals surface area (Å²) in [5.74, 6) is 1.67. The molecular weight excluding hydrogens is 190 g/mol. The van der Waals surface area contributed by atoms with Gasteiger partial charge < -0.3 is 15.2 Å². The van der Waals surface area contributed by atoms with Crippen LogP contribution in [0, 0.1) is 0 Å². The molecule has 2 rings (SSSR count). The Morgan fingerprint density at radius 2 is 2.07 bits per heavy atom. The highest BCUT2D eigenvalue weighted by molar-refractivity contribution is 5.45. The van der Waals surface area contributed by atoms with Gasteiger partial charge in [0.2, 0.25) is 6.29 Å². The highest BCUT2D eigenvalue weighted by Crippen LogP contribution is 2.35. The SMILES string of the molecule is CCC(N)Cc1ccc2c(c1)OC(C)O2. The fraction of sp³-hybridized carbons (Fsp3) is 0.500. The largest absolute Gasteiger partial charge is 0.451 e. The molecule has 0 saturated carbocycles. The molecule has 82 valence electrons. The van der Waals surface area contributed by atoms with Crippen LogP contribution in [0.25, 0.3) is 0 Å². The summed E-state index contributed by atoms with van der Waals surface area (Å²) < 4.78 is 10.9. The molecule has 0 radical (unpaired) electrons. The van der Waals surface area contributed by atoms with E-state index in [0.717, 1.165) is 24.3 Å². The number of benzene rings is 1. The zero-order valence-corrected chi connectivity index (χ0v) is 9.19. The van der Waals surface area contributed by atoms with E-state index >= 15 is 0 Å². The first-order chi connectivity index (χ1) is 7.19. The maximum atomic E-state index is 5.91. The summed E-state index contributed by atoms with van der Waals surface area (Å²) in [6, 6.07) is 6.25. The van der Waals surface area contributed by atoms with Crippen LogP contribution in [0.4, 0.5) is 0 Å². The van der Waals surface area contributed by atoms with E-state index < -0.39 is 0 Å². The number of hydrogen-bond donors (Lipinski definition) is 1. The highest BCUT2D eigenvalue weighted by Gasteiger charge is 2.20. The lowest BCUT2D eigenvalue weighted by Crippen LogP contribution is -2.21. The molecule has 2 N–H and O–H groups in total. The molecule has 0 fully saturated rings. The molecule has 2 atom stereocenters. The van der Waals surface area contributed by atoms with Crippen LogP contribution in [0.3, 0.4) is 0 Å². The summed E-state index contributed by atoms with van der Waals surface area (Å²) in [7, 11) is 0. The van der Waals surface area contributed by atoms with Crippen molar-refractivity contribution in [2.24, 2.45) is 5.73 Å². The van der Waals surface area contributed by atoms with Crippen molar-refractivity contribution in [1.82, 2.24) is 0 Å². The molecule has 0 aromatic heterocycles. The molecule has 0 spiro atoms. The molecule has 0 bridgehead atoms. The monoisotopic (exact) mass is 207 g/mol. The van der Waals surface area contributed by atoms with Crippen LogP contribution in [0.1, 0.15) is 25.8 Å². The van der Waals surface area contributed by atoms with Crippen molar-refractivity contribution in [3.63, 3.8) is 0 Å². The molecule has 3 nitrogen and oxygen atoms in total. The van der Waals surface area contributed by atoms with Gasteiger partial charge in [-0.25, -0.2) is 0 Å². The second-order valence-electron chi connectivity index (χ2n) is 3.96. The van der Waals surface area contributed by atoms with Gasteiger partial charge in [-0.3, -0.25) is 0 Å². The van der Waals surface area contributed by atoms with E-state index in [0.29, 0.717) is 0 Å². The molecule has 2 unspecified atom stereocenters. The first-order valence-corrected chi connectivity index (χ1v) is 5.41. The zero-order valence-electron chi connectivity index (χ0n) is 9.19. The number of fused-ring (bicyclic) bond motifs is 1. The number of nitrogens with two attached hydrogens (primary N) is 1. The fourth-order valence-corrected chi connectivity index (χ4v) is 1.70. The standard InChI is InChI=1S/C12H17NO2/c1-3-10(13)6-9-4-5-11-12(7-9)15-8(2)14-11/h4-5,7-8,10H,3,6,13H2,1-2H3. The van der Waals surface area contributed by atoms with Crippen molar-refractivity contribution >= 4 is 0 Å². The normalized spacial score (nSPS) is 20.3. The minimum absolute atomic E-state index is 0.171. The fourth-order valence-electron chi connectivity index (χ4n) is 1.70. The van der Waals surface area contributed by atoms with E-state index in [1.807, 2.05) is 19.1 Å². The first-order valence-electron chi connectivity index (χ1n) is 5.41. The Balaban J connectivity index is 2.13. The predicted octanol–water partition coefficient (Wildman–Crippen LogP) is 2.08. The maximum absolute atomic E-state index is 5.91. The van der Waals surface area contributed by atoms with Gasteiger partial charge in [0.05, 0.1) is 0 Å². The number of rotatable bonds is 3. The summed E-state index contributed by atoms with van der Waals surface area (Å²) in [4.78, 5) is 0. The van der Waals surface area contributed by atoms with Gasteiger partial charge in [-0.15, -0.1) is 0 Å². The second-order valence-corrected chi connectivity index (χ2v) is 3.96. The van der Waals surface area contributed by atoms with Gasteiger partial charge in [0, 0.05) is 13.0 Å². The molecule has 3 heteroatoms. The Morgan fingerprint density at radius 1 is 1.33 bits per heavy atom. The van der Waals surface area contributed by atoms with Crippen LogP contribution in [-0.4, -0.2) is 12.3 Å². The molecule has 0 amide bonds. The number of hydrogen-bond acceptors (Lipinski definition) is 3. The third-order valence-electron chi connectivity index (χ3n) is 2.62. The van der Waals surface area contributed by atoms with E-state index in [9.17, 15) is 0 Å². The minimum atomic E-state index is -0.171. The Kier molecular flexibility index (Phi) is 2.82. The molecule has 1 aromatic rings.